The Morgan fingerprint density at radius 1 is 0.267 bits per heavy atom. The molecule has 10 heteroatoms. The molecule has 0 N–H and O–H groups in total. The molecule has 2 aliphatic heterocycles. The lowest BCUT2D eigenvalue weighted by atomic mass is 9.33. The number of para-hydroxylation sites is 3. The molecule has 2 aliphatic rings. The van der Waals surface area contributed by atoms with Crippen LogP contribution in [0.3, 0.4) is 0 Å². The van der Waals surface area contributed by atoms with Crippen LogP contribution >= 0.6 is 0 Å². The van der Waals surface area contributed by atoms with Gasteiger partial charge in [-0.05, 0) is 132 Å². The molecule has 0 atom stereocenters. The quantitative estimate of drug-likeness (QED) is 0.125. The highest BCUT2D eigenvalue weighted by Gasteiger charge is 2.43. The first kappa shape index (κ1) is 52.5. The van der Waals surface area contributed by atoms with Crippen LogP contribution in [0.2, 0.25) is 0 Å². The summed E-state index contributed by atoms with van der Waals surface area (Å²) in [5.74, 6) is 3.29. The van der Waals surface area contributed by atoms with Gasteiger partial charge in [-0.2, -0.15) is 0 Å². The Balaban J connectivity index is 0.786. The maximum atomic E-state index is 5.48. The summed E-state index contributed by atoms with van der Waals surface area (Å²) in [4.78, 5) is 36.5. The van der Waals surface area contributed by atoms with Crippen molar-refractivity contribution in [2.45, 2.75) is 13.8 Å². The summed E-state index contributed by atoms with van der Waals surface area (Å²) in [6.07, 6.45) is 0. The van der Waals surface area contributed by atoms with Gasteiger partial charge >= 0.3 is 0 Å². The average Bonchev–Trinajstić information content (AvgIpc) is 0.756. The van der Waals surface area contributed by atoms with E-state index >= 15 is 0 Å². The maximum absolute atomic E-state index is 5.48. The molecule has 12 aromatic carbocycles. The van der Waals surface area contributed by atoms with Gasteiger partial charge in [0.2, 0.25) is 0 Å². The van der Waals surface area contributed by atoms with Crippen LogP contribution in [0.1, 0.15) is 11.1 Å². The van der Waals surface area contributed by atoms with Gasteiger partial charge in [0.15, 0.2) is 34.9 Å². The van der Waals surface area contributed by atoms with Crippen LogP contribution in [0.5, 0.6) is 0 Å². The van der Waals surface area contributed by atoms with Gasteiger partial charge in [-0.15, -0.1) is 0 Å². The van der Waals surface area contributed by atoms with E-state index in [9.17, 15) is 0 Å². The van der Waals surface area contributed by atoms with Gasteiger partial charge in [-0.25, -0.2) is 29.9 Å². The van der Waals surface area contributed by atoms with Crippen LogP contribution in [0, 0.1) is 13.8 Å². The Morgan fingerprint density at radius 3 is 1.12 bits per heavy atom. The predicted molar refractivity (Wildman–Crippen MR) is 369 cm³/mol. The van der Waals surface area contributed by atoms with E-state index in [-0.39, 0.29) is 6.71 Å². The van der Waals surface area contributed by atoms with Gasteiger partial charge in [-0.3, -0.25) is 0 Å². The fourth-order valence-corrected chi connectivity index (χ4v) is 13.4. The summed E-state index contributed by atoms with van der Waals surface area (Å²) in [7, 11) is 0. The van der Waals surface area contributed by atoms with E-state index in [1.165, 1.54) is 61.0 Å². The minimum Gasteiger partial charge on any atom is -0.311 e. The lowest BCUT2D eigenvalue weighted by molar-refractivity contribution is 1.06. The minimum atomic E-state index is 0.0759. The normalized spacial score (nSPS) is 12.3. The molecule has 422 valence electrons. The Bertz CT molecular complexity index is 5150. The minimum absolute atomic E-state index is 0.0759. The molecule has 0 saturated carbocycles. The average molecular weight is 1150 g/mol. The second-order valence-corrected chi connectivity index (χ2v) is 23.2. The summed E-state index contributed by atoms with van der Waals surface area (Å²) in [6, 6.07) is 103. The molecule has 9 nitrogen and oxygen atoms in total. The summed E-state index contributed by atoms with van der Waals surface area (Å²) < 4.78 is 2.35. The smallest absolute Gasteiger partial charge is 0.252 e. The Morgan fingerprint density at radius 2 is 0.633 bits per heavy atom. The molecule has 3 aromatic heterocycles. The van der Waals surface area contributed by atoms with Crippen molar-refractivity contribution >= 4 is 79.0 Å². The zero-order valence-corrected chi connectivity index (χ0v) is 49.3. The molecule has 0 bridgehead atoms. The molecule has 5 heterocycles. The van der Waals surface area contributed by atoms with Crippen molar-refractivity contribution in [1.29, 1.82) is 0 Å². The number of benzene rings is 12. The monoisotopic (exact) mass is 1150 g/mol. The molecule has 90 heavy (non-hydrogen) atoms. The van der Waals surface area contributed by atoms with Crippen molar-refractivity contribution in [2.75, 3.05) is 9.80 Å². The molecule has 17 rings (SSSR count). The number of aryl methyl sites for hydroxylation is 2. The zero-order chi connectivity index (χ0) is 59.8. The number of hydrogen-bond acceptors (Lipinski definition) is 8. The highest BCUT2D eigenvalue weighted by Crippen LogP contribution is 2.45. The van der Waals surface area contributed by atoms with E-state index in [2.05, 4.69) is 241 Å². The van der Waals surface area contributed by atoms with Crippen molar-refractivity contribution < 1.29 is 0 Å². The standard InChI is InChI=1S/C80H54BN9/c1-51-34-45-67-62(48-51)63-49-52(2)35-46-68(63)90(67)69-47-42-59(79-84-75(55-20-7-3-8-21-55)82-76(85-79)56-22-9-4-10-23-56)50-64(69)80-86-77(57-24-11-5-12-25-57)83-78(87-80)58-38-36-53(37-39-58)54-40-43-61(44-41-54)89-71-31-18-16-29-66(71)81-65-28-15-17-30-70(65)88(60-26-13-6-14-27-60)72-32-19-33-73(89)74(72)81/h3-50H,1-2H3. The number of hydrogen-bond donors (Lipinski definition) is 0. The van der Waals surface area contributed by atoms with Gasteiger partial charge in [0.25, 0.3) is 6.71 Å². The van der Waals surface area contributed by atoms with Gasteiger partial charge in [-0.1, -0.05) is 211 Å². The van der Waals surface area contributed by atoms with Crippen molar-refractivity contribution in [3.05, 3.63) is 302 Å². The molecule has 0 unspecified atom stereocenters. The number of nitrogens with zero attached hydrogens (tertiary/aromatic N) is 9. The first-order valence-corrected chi connectivity index (χ1v) is 30.5. The van der Waals surface area contributed by atoms with E-state index < -0.39 is 0 Å². The molecular formula is C80H54BN9. The summed E-state index contributed by atoms with van der Waals surface area (Å²) in [6.45, 7) is 4.38. The van der Waals surface area contributed by atoms with Crippen molar-refractivity contribution in [3.63, 3.8) is 0 Å². The van der Waals surface area contributed by atoms with Gasteiger partial charge < -0.3 is 14.4 Å². The summed E-state index contributed by atoms with van der Waals surface area (Å²) in [5, 5.41) is 2.34. The van der Waals surface area contributed by atoms with E-state index in [1.807, 2.05) is 78.9 Å². The van der Waals surface area contributed by atoms with Crippen LogP contribution in [0.15, 0.2) is 291 Å². The highest BCUT2D eigenvalue weighted by molar-refractivity contribution is 7.00. The van der Waals surface area contributed by atoms with Crippen LogP contribution in [0.25, 0.3) is 107 Å². The van der Waals surface area contributed by atoms with E-state index in [4.69, 9.17) is 29.9 Å². The molecule has 0 fully saturated rings. The summed E-state index contributed by atoms with van der Waals surface area (Å²) in [5.41, 5.74) is 23.5. The number of aromatic nitrogens is 7. The third-order valence-electron chi connectivity index (χ3n) is 17.6. The second kappa shape index (κ2) is 21.5. The van der Waals surface area contributed by atoms with Crippen molar-refractivity contribution in [1.82, 2.24) is 34.5 Å². The number of anilines is 6. The van der Waals surface area contributed by atoms with E-state index in [1.54, 1.807) is 0 Å². The Hall–Kier alpha value is -11.9. The van der Waals surface area contributed by atoms with Gasteiger partial charge in [0.1, 0.15) is 0 Å². The first-order valence-electron chi connectivity index (χ1n) is 30.5. The van der Waals surface area contributed by atoms with Crippen molar-refractivity contribution in [3.8, 4) is 85.1 Å². The third-order valence-corrected chi connectivity index (χ3v) is 17.6. The Kier molecular flexibility index (Phi) is 12.5. The largest absolute Gasteiger partial charge is 0.311 e. The second-order valence-electron chi connectivity index (χ2n) is 23.2. The van der Waals surface area contributed by atoms with Crippen LogP contribution in [-0.2, 0) is 0 Å². The molecule has 0 amide bonds. The topological polar surface area (TPSA) is 88.7 Å². The molecule has 0 radical (unpaired) electrons. The maximum Gasteiger partial charge on any atom is 0.252 e. The van der Waals surface area contributed by atoms with Gasteiger partial charge in [0, 0.05) is 78.3 Å². The molecule has 0 spiro atoms. The van der Waals surface area contributed by atoms with E-state index in [0.29, 0.717) is 34.9 Å². The lowest BCUT2D eigenvalue weighted by Crippen LogP contribution is -2.61. The highest BCUT2D eigenvalue weighted by atomic mass is 15.2. The predicted octanol–water partition coefficient (Wildman–Crippen LogP) is 17.5. The SMILES string of the molecule is Cc1ccc2c(c1)c1cc(C)ccc1n2-c1ccc(-c2nc(-c3ccccc3)nc(-c3ccccc3)n2)cc1-c1nc(-c2ccccc2)nc(-c2ccc(-c3ccc(N4c5ccccc5B5c6ccccc6N(c6ccccc6)c6cccc4c65)cc3)cc2)n1. The molecule has 15 aromatic rings. The third kappa shape index (κ3) is 8.95. The molecular weight excluding hydrogens is 1100 g/mol. The van der Waals surface area contributed by atoms with Gasteiger partial charge in [0.05, 0.1) is 16.7 Å². The van der Waals surface area contributed by atoms with Crippen LogP contribution in [-0.4, -0.2) is 41.2 Å². The Labute approximate surface area is 521 Å². The zero-order valence-electron chi connectivity index (χ0n) is 49.3. The van der Waals surface area contributed by atoms with E-state index in [0.717, 1.165) is 72.6 Å². The molecule has 0 saturated heterocycles. The fraction of sp³-hybridized carbons (Fsp3) is 0.0250. The van der Waals surface area contributed by atoms with Crippen LogP contribution in [0.4, 0.5) is 34.1 Å². The van der Waals surface area contributed by atoms with Crippen LogP contribution < -0.4 is 26.2 Å². The summed E-state index contributed by atoms with van der Waals surface area (Å²) >= 11 is 0. The number of fused-ring (bicyclic) bond motifs is 7. The van der Waals surface area contributed by atoms with Crippen molar-refractivity contribution in [2.24, 2.45) is 0 Å². The lowest BCUT2D eigenvalue weighted by Gasteiger charge is -2.44. The fourth-order valence-electron chi connectivity index (χ4n) is 13.4. The number of rotatable bonds is 10. The molecule has 0 aliphatic carbocycles. The first-order chi connectivity index (χ1) is 44.4.